The molecule has 0 aliphatic carbocycles. The van der Waals surface area contributed by atoms with Gasteiger partial charge in [0.25, 0.3) is 0 Å². The summed E-state index contributed by atoms with van der Waals surface area (Å²) in [5.41, 5.74) is -0.401. The Morgan fingerprint density at radius 1 is 1.47 bits per heavy atom. The zero-order chi connectivity index (χ0) is 10.8. The number of carbonyl (C=O) groups excluding carboxylic acids is 1. The van der Waals surface area contributed by atoms with E-state index in [-0.39, 0.29) is 24.5 Å². The second-order valence-corrected chi connectivity index (χ2v) is 4.73. The lowest BCUT2D eigenvalue weighted by Gasteiger charge is -2.35. The topological polar surface area (TPSA) is 41.6 Å². The van der Waals surface area contributed by atoms with Crippen molar-refractivity contribution in [2.75, 3.05) is 19.6 Å². The fourth-order valence-corrected chi connectivity index (χ4v) is 1.43. The number of piperazine rings is 1. The van der Waals surface area contributed by atoms with Crippen LogP contribution in [0.1, 0.15) is 27.7 Å². The third kappa shape index (κ3) is 4.71. The van der Waals surface area contributed by atoms with Crippen LogP contribution in [-0.2, 0) is 4.74 Å². The van der Waals surface area contributed by atoms with E-state index in [1.54, 1.807) is 4.90 Å². The number of ether oxygens (including phenoxy) is 1. The highest BCUT2D eigenvalue weighted by atomic mass is 35.5. The van der Waals surface area contributed by atoms with Gasteiger partial charge in [-0.3, -0.25) is 0 Å². The first-order valence-electron chi connectivity index (χ1n) is 5.10. The average Bonchev–Trinajstić information content (AvgIpc) is 2.01. The van der Waals surface area contributed by atoms with Crippen LogP contribution >= 0.6 is 12.4 Å². The summed E-state index contributed by atoms with van der Waals surface area (Å²) < 4.78 is 5.31. The predicted molar refractivity (Wildman–Crippen MR) is 62.5 cm³/mol. The van der Waals surface area contributed by atoms with Crippen LogP contribution in [0.25, 0.3) is 0 Å². The molecule has 1 N–H and O–H groups in total. The van der Waals surface area contributed by atoms with Crippen LogP contribution in [0.2, 0.25) is 0 Å². The second-order valence-electron chi connectivity index (χ2n) is 4.73. The molecular weight excluding hydrogens is 216 g/mol. The molecule has 1 rings (SSSR count). The van der Waals surface area contributed by atoms with E-state index < -0.39 is 5.60 Å². The lowest BCUT2D eigenvalue weighted by molar-refractivity contribution is 0.0141. The Bertz CT molecular complexity index is 216. The number of nitrogens with one attached hydrogen (secondary N) is 1. The normalized spacial score (nSPS) is 21.9. The molecule has 1 fully saturated rings. The number of nitrogens with zero attached hydrogens (tertiary/aromatic N) is 1. The molecule has 0 aromatic carbocycles. The maximum absolute atomic E-state index is 11.7. The van der Waals surface area contributed by atoms with Gasteiger partial charge in [0.1, 0.15) is 5.60 Å². The Morgan fingerprint density at radius 3 is 2.53 bits per heavy atom. The average molecular weight is 237 g/mol. The van der Waals surface area contributed by atoms with Gasteiger partial charge < -0.3 is 15.0 Å². The van der Waals surface area contributed by atoms with Crippen molar-refractivity contribution < 1.29 is 9.53 Å². The van der Waals surface area contributed by atoms with Crippen LogP contribution in [0.3, 0.4) is 0 Å². The van der Waals surface area contributed by atoms with Crippen LogP contribution in [-0.4, -0.2) is 42.3 Å². The van der Waals surface area contributed by atoms with E-state index in [1.165, 1.54) is 0 Å². The summed E-state index contributed by atoms with van der Waals surface area (Å²) in [7, 11) is 0. The van der Waals surface area contributed by atoms with Crippen LogP contribution in [0, 0.1) is 0 Å². The molecular formula is C10H21ClN2O2. The number of halogens is 1. The highest BCUT2D eigenvalue weighted by molar-refractivity contribution is 5.85. The van der Waals surface area contributed by atoms with Crippen molar-refractivity contribution in [1.29, 1.82) is 0 Å². The molecule has 1 atom stereocenters. The monoisotopic (exact) mass is 236 g/mol. The molecule has 0 radical (unpaired) electrons. The van der Waals surface area contributed by atoms with Gasteiger partial charge in [-0.15, -0.1) is 12.4 Å². The Hall–Kier alpha value is -0.480. The SMILES string of the molecule is CC1CNCCN1C(=O)OC(C)(C)C.Cl. The summed E-state index contributed by atoms with van der Waals surface area (Å²) in [5, 5.41) is 3.23. The fourth-order valence-electron chi connectivity index (χ4n) is 1.43. The van der Waals surface area contributed by atoms with Crippen LogP contribution in [0.15, 0.2) is 0 Å². The summed E-state index contributed by atoms with van der Waals surface area (Å²) in [6.45, 7) is 10.1. The molecule has 1 saturated heterocycles. The van der Waals surface area contributed by atoms with E-state index in [0.29, 0.717) is 0 Å². The third-order valence-electron chi connectivity index (χ3n) is 2.13. The molecule has 0 aromatic heterocycles. The van der Waals surface area contributed by atoms with Gasteiger partial charge in [-0.05, 0) is 27.7 Å². The maximum Gasteiger partial charge on any atom is 0.410 e. The van der Waals surface area contributed by atoms with Crippen molar-refractivity contribution in [3.05, 3.63) is 0 Å². The predicted octanol–water partition coefficient (Wildman–Crippen LogP) is 1.64. The second kappa shape index (κ2) is 5.56. The smallest absolute Gasteiger partial charge is 0.410 e. The van der Waals surface area contributed by atoms with Gasteiger partial charge in [0.15, 0.2) is 0 Å². The third-order valence-corrected chi connectivity index (χ3v) is 2.13. The lowest BCUT2D eigenvalue weighted by Crippen LogP contribution is -2.53. The highest BCUT2D eigenvalue weighted by Gasteiger charge is 2.27. The molecule has 5 heteroatoms. The van der Waals surface area contributed by atoms with E-state index in [1.807, 2.05) is 27.7 Å². The first-order valence-corrected chi connectivity index (χ1v) is 5.10. The first kappa shape index (κ1) is 14.5. The molecule has 1 aliphatic rings. The molecule has 4 nitrogen and oxygen atoms in total. The zero-order valence-electron chi connectivity index (χ0n) is 9.87. The molecule has 1 aliphatic heterocycles. The van der Waals surface area contributed by atoms with Gasteiger partial charge in [0.2, 0.25) is 0 Å². The number of amides is 1. The minimum Gasteiger partial charge on any atom is -0.444 e. The van der Waals surface area contributed by atoms with Crippen LogP contribution < -0.4 is 5.32 Å². The summed E-state index contributed by atoms with van der Waals surface area (Å²) in [5.74, 6) is 0. The molecule has 15 heavy (non-hydrogen) atoms. The van der Waals surface area contributed by atoms with Crippen molar-refractivity contribution in [2.24, 2.45) is 0 Å². The molecule has 1 heterocycles. The highest BCUT2D eigenvalue weighted by Crippen LogP contribution is 2.12. The minimum atomic E-state index is -0.401. The summed E-state index contributed by atoms with van der Waals surface area (Å²) in [6.07, 6.45) is -0.202. The molecule has 0 saturated carbocycles. The Kier molecular flexibility index (Phi) is 5.38. The number of hydrogen-bond donors (Lipinski definition) is 1. The van der Waals surface area contributed by atoms with E-state index >= 15 is 0 Å². The largest absolute Gasteiger partial charge is 0.444 e. The van der Waals surface area contributed by atoms with E-state index in [9.17, 15) is 4.79 Å². The standard InChI is InChI=1S/C10H20N2O2.ClH/c1-8-7-11-5-6-12(8)9(13)14-10(2,3)4;/h8,11H,5-7H2,1-4H3;1H. The number of carbonyl (C=O) groups is 1. The van der Waals surface area contributed by atoms with E-state index in [2.05, 4.69) is 5.32 Å². The maximum atomic E-state index is 11.7. The van der Waals surface area contributed by atoms with Gasteiger partial charge in [0, 0.05) is 25.7 Å². The van der Waals surface area contributed by atoms with Crippen molar-refractivity contribution in [1.82, 2.24) is 10.2 Å². The number of hydrogen-bond acceptors (Lipinski definition) is 3. The Morgan fingerprint density at radius 2 is 2.07 bits per heavy atom. The molecule has 1 amide bonds. The van der Waals surface area contributed by atoms with Gasteiger partial charge in [-0.1, -0.05) is 0 Å². The molecule has 1 unspecified atom stereocenters. The van der Waals surface area contributed by atoms with E-state index in [4.69, 9.17) is 4.74 Å². The summed E-state index contributed by atoms with van der Waals surface area (Å²) in [6, 6.07) is 0.221. The summed E-state index contributed by atoms with van der Waals surface area (Å²) in [4.78, 5) is 13.5. The first-order chi connectivity index (χ1) is 6.40. The quantitative estimate of drug-likeness (QED) is 0.695. The van der Waals surface area contributed by atoms with Gasteiger partial charge >= 0.3 is 6.09 Å². The van der Waals surface area contributed by atoms with Crippen molar-refractivity contribution in [3.63, 3.8) is 0 Å². The van der Waals surface area contributed by atoms with Gasteiger partial charge in [0.05, 0.1) is 0 Å². The van der Waals surface area contributed by atoms with Gasteiger partial charge in [-0.25, -0.2) is 4.79 Å². The fraction of sp³-hybridized carbons (Fsp3) is 0.900. The van der Waals surface area contributed by atoms with Crippen molar-refractivity contribution >= 4 is 18.5 Å². The number of rotatable bonds is 0. The van der Waals surface area contributed by atoms with E-state index in [0.717, 1.165) is 19.6 Å². The molecule has 0 bridgehead atoms. The van der Waals surface area contributed by atoms with Crippen molar-refractivity contribution in [3.8, 4) is 0 Å². The van der Waals surface area contributed by atoms with Crippen LogP contribution in [0.5, 0.6) is 0 Å². The van der Waals surface area contributed by atoms with Crippen molar-refractivity contribution in [2.45, 2.75) is 39.3 Å². The lowest BCUT2D eigenvalue weighted by atomic mass is 10.2. The Labute approximate surface area is 97.8 Å². The molecule has 0 spiro atoms. The minimum absolute atomic E-state index is 0. The zero-order valence-corrected chi connectivity index (χ0v) is 10.7. The molecule has 0 aromatic rings. The summed E-state index contributed by atoms with van der Waals surface area (Å²) >= 11 is 0. The van der Waals surface area contributed by atoms with Crippen LogP contribution in [0.4, 0.5) is 4.79 Å². The Balaban J connectivity index is 0.00000196. The molecule has 90 valence electrons. The van der Waals surface area contributed by atoms with Gasteiger partial charge in [-0.2, -0.15) is 0 Å².